The van der Waals surface area contributed by atoms with Crippen molar-refractivity contribution in [2.45, 2.75) is 64.1 Å². The molecule has 0 unspecified atom stereocenters. The van der Waals surface area contributed by atoms with Crippen LogP contribution >= 0.6 is 0 Å². The van der Waals surface area contributed by atoms with E-state index in [1.54, 1.807) is 24.3 Å². The number of methoxy groups -OCH3 is 2. The zero-order chi connectivity index (χ0) is 36.3. The minimum absolute atomic E-state index is 0.0828. The SMILES string of the molecule is CCOc1ccc(N(CC(=O)N(Cc2cccc(C)c2)[C@@H](Cc2ccccc2)C(=O)N[C@@H](C)CC)S(=O)(=O)c2ccc(OC)c(OC)c2)cc1. The molecule has 0 bridgehead atoms. The number of rotatable bonds is 17. The molecule has 266 valence electrons. The molecule has 0 aliphatic rings. The van der Waals surface area contributed by atoms with Crippen LogP contribution in [0.3, 0.4) is 0 Å². The molecule has 4 rings (SSSR count). The van der Waals surface area contributed by atoms with Crippen LogP contribution < -0.4 is 23.8 Å². The summed E-state index contributed by atoms with van der Waals surface area (Å²) in [6.07, 6.45) is 0.927. The molecule has 0 aliphatic carbocycles. The first-order valence-corrected chi connectivity index (χ1v) is 18.1. The van der Waals surface area contributed by atoms with Gasteiger partial charge in [0.25, 0.3) is 10.0 Å². The molecule has 10 nitrogen and oxygen atoms in total. The minimum atomic E-state index is -4.36. The fourth-order valence-corrected chi connectivity index (χ4v) is 6.94. The van der Waals surface area contributed by atoms with Crippen LogP contribution in [-0.2, 0) is 32.6 Å². The maximum Gasteiger partial charge on any atom is 0.264 e. The zero-order valence-electron chi connectivity index (χ0n) is 29.6. The number of hydrogen-bond acceptors (Lipinski definition) is 7. The number of aryl methyl sites for hydroxylation is 1. The van der Waals surface area contributed by atoms with Crippen LogP contribution in [0.2, 0.25) is 0 Å². The van der Waals surface area contributed by atoms with Crippen molar-refractivity contribution in [3.63, 3.8) is 0 Å². The van der Waals surface area contributed by atoms with Crippen molar-refractivity contribution in [2.75, 3.05) is 31.7 Å². The van der Waals surface area contributed by atoms with E-state index in [1.165, 1.54) is 37.3 Å². The molecule has 0 spiro atoms. The molecule has 0 aliphatic heterocycles. The number of benzene rings is 4. The topological polar surface area (TPSA) is 114 Å². The predicted octanol–water partition coefficient (Wildman–Crippen LogP) is 6.16. The Morgan fingerprint density at radius 1 is 0.820 bits per heavy atom. The zero-order valence-corrected chi connectivity index (χ0v) is 30.4. The lowest BCUT2D eigenvalue weighted by atomic mass is 10.0. The molecule has 0 aromatic heterocycles. The normalized spacial score (nSPS) is 12.4. The second-order valence-electron chi connectivity index (χ2n) is 12.0. The van der Waals surface area contributed by atoms with Gasteiger partial charge < -0.3 is 24.4 Å². The molecule has 2 amide bonds. The molecule has 0 saturated carbocycles. The number of ether oxygens (including phenoxy) is 3. The molecule has 4 aromatic rings. The first-order chi connectivity index (χ1) is 24.0. The third kappa shape index (κ3) is 9.56. The summed E-state index contributed by atoms with van der Waals surface area (Å²) in [5.41, 5.74) is 2.91. The maximum atomic E-state index is 14.7. The molecule has 0 radical (unpaired) electrons. The van der Waals surface area contributed by atoms with E-state index in [9.17, 15) is 18.0 Å². The minimum Gasteiger partial charge on any atom is -0.494 e. The van der Waals surface area contributed by atoms with Gasteiger partial charge in [-0.05, 0) is 74.7 Å². The van der Waals surface area contributed by atoms with Crippen LogP contribution in [0.1, 0.15) is 43.9 Å². The lowest BCUT2D eigenvalue weighted by Crippen LogP contribution is -2.54. The van der Waals surface area contributed by atoms with Crippen LogP contribution in [0.25, 0.3) is 0 Å². The van der Waals surface area contributed by atoms with Crippen molar-refractivity contribution < 1.29 is 32.2 Å². The lowest BCUT2D eigenvalue weighted by Gasteiger charge is -2.34. The third-order valence-electron chi connectivity index (χ3n) is 8.37. The van der Waals surface area contributed by atoms with Gasteiger partial charge in [0.15, 0.2) is 11.5 Å². The van der Waals surface area contributed by atoms with Crippen LogP contribution in [0.15, 0.2) is 102 Å². The molecule has 1 N–H and O–H groups in total. The van der Waals surface area contributed by atoms with E-state index in [-0.39, 0.29) is 41.2 Å². The van der Waals surface area contributed by atoms with E-state index in [4.69, 9.17) is 14.2 Å². The van der Waals surface area contributed by atoms with Gasteiger partial charge in [-0.1, -0.05) is 67.1 Å². The molecule has 0 saturated heterocycles. The van der Waals surface area contributed by atoms with Gasteiger partial charge in [-0.25, -0.2) is 8.42 Å². The number of carbonyl (C=O) groups excluding carboxylic acids is 2. The number of nitrogens with one attached hydrogen (secondary N) is 1. The second kappa shape index (κ2) is 17.6. The van der Waals surface area contributed by atoms with Gasteiger partial charge in [-0.15, -0.1) is 0 Å². The van der Waals surface area contributed by atoms with E-state index in [1.807, 2.05) is 82.3 Å². The van der Waals surface area contributed by atoms with Gasteiger partial charge in [0.05, 0.1) is 31.4 Å². The van der Waals surface area contributed by atoms with Crippen LogP contribution in [0.4, 0.5) is 5.69 Å². The third-order valence-corrected chi connectivity index (χ3v) is 10.1. The molecular formula is C39H47N3O7S. The van der Waals surface area contributed by atoms with Gasteiger partial charge in [0.1, 0.15) is 18.3 Å². The summed E-state index contributed by atoms with van der Waals surface area (Å²) in [5.74, 6) is 0.258. The number of carbonyl (C=O) groups is 2. The van der Waals surface area contributed by atoms with Crippen molar-refractivity contribution in [1.82, 2.24) is 10.2 Å². The molecule has 0 heterocycles. The second-order valence-corrected chi connectivity index (χ2v) is 13.9. The Morgan fingerprint density at radius 2 is 1.50 bits per heavy atom. The molecule has 2 atom stereocenters. The standard InChI is InChI=1S/C39H47N3O7S/c1-7-29(4)40-39(44)35(24-30-14-10-9-11-15-30)41(26-31-16-12-13-28(3)23-31)38(43)27-42(32-17-19-33(20-18-32)49-8-2)50(45,46)34-21-22-36(47-5)37(25-34)48-6/h9-23,25,29,35H,7-8,24,26-27H2,1-6H3,(H,40,44)/t29-,35-/m0/s1. The molecular weight excluding hydrogens is 655 g/mol. The largest absolute Gasteiger partial charge is 0.494 e. The summed E-state index contributed by atoms with van der Waals surface area (Å²) in [6.45, 7) is 7.62. The first-order valence-electron chi connectivity index (χ1n) is 16.7. The quantitative estimate of drug-likeness (QED) is 0.140. The lowest BCUT2D eigenvalue weighted by molar-refractivity contribution is -0.140. The summed E-state index contributed by atoms with van der Waals surface area (Å²) in [5, 5.41) is 3.06. The molecule has 11 heteroatoms. The Labute approximate surface area is 296 Å². The highest BCUT2D eigenvalue weighted by atomic mass is 32.2. The summed E-state index contributed by atoms with van der Waals surface area (Å²) in [4.78, 5) is 30.2. The van der Waals surface area contributed by atoms with E-state index < -0.39 is 28.5 Å². The van der Waals surface area contributed by atoms with Crippen molar-refractivity contribution >= 4 is 27.5 Å². The summed E-state index contributed by atoms with van der Waals surface area (Å²) in [6, 6.07) is 26.9. The number of sulfonamides is 1. The Morgan fingerprint density at radius 3 is 2.12 bits per heavy atom. The highest BCUT2D eigenvalue weighted by molar-refractivity contribution is 7.92. The van der Waals surface area contributed by atoms with Gasteiger partial charge in [0.2, 0.25) is 11.8 Å². The van der Waals surface area contributed by atoms with Gasteiger partial charge in [0, 0.05) is 25.1 Å². The monoisotopic (exact) mass is 701 g/mol. The molecule has 50 heavy (non-hydrogen) atoms. The van der Waals surface area contributed by atoms with Gasteiger partial charge >= 0.3 is 0 Å². The molecule has 4 aromatic carbocycles. The van der Waals surface area contributed by atoms with Crippen LogP contribution in [0, 0.1) is 6.92 Å². The first kappa shape index (κ1) is 37.8. The summed E-state index contributed by atoms with van der Waals surface area (Å²) < 4.78 is 46.4. The van der Waals surface area contributed by atoms with E-state index >= 15 is 0 Å². The van der Waals surface area contributed by atoms with Gasteiger partial charge in [-0.2, -0.15) is 0 Å². The Kier molecular flexibility index (Phi) is 13.3. The van der Waals surface area contributed by atoms with Crippen LogP contribution in [0.5, 0.6) is 17.2 Å². The van der Waals surface area contributed by atoms with Gasteiger partial charge in [-0.3, -0.25) is 13.9 Å². The summed E-state index contributed by atoms with van der Waals surface area (Å²) in [7, 11) is -1.48. The Hall–Kier alpha value is -5.03. The van der Waals surface area contributed by atoms with Crippen molar-refractivity contribution in [3.05, 3.63) is 114 Å². The number of amides is 2. The van der Waals surface area contributed by atoms with Crippen LogP contribution in [-0.4, -0.2) is 64.6 Å². The average Bonchev–Trinajstić information content (AvgIpc) is 3.12. The number of anilines is 1. The fourth-order valence-electron chi connectivity index (χ4n) is 5.51. The van der Waals surface area contributed by atoms with Crippen molar-refractivity contribution in [2.24, 2.45) is 0 Å². The smallest absolute Gasteiger partial charge is 0.264 e. The maximum absolute atomic E-state index is 14.7. The number of hydrogen-bond donors (Lipinski definition) is 1. The van der Waals surface area contributed by atoms with E-state index in [2.05, 4.69) is 5.32 Å². The Bertz CT molecular complexity index is 1830. The number of nitrogens with zero attached hydrogens (tertiary/aromatic N) is 2. The van der Waals surface area contributed by atoms with Crippen molar-refractivity contribution in [3.8, 4) is 17.2 Å². The highest BCUT2D eigenvalue weighted by Gasteiger charge is 2.35. The molecule has 0 fully saturated rings. The van der Waals surface area contributed by atoms with E-state index in [0.717, 1.165) is 21.0 Å². The Balaban J connectivity index is 1.84. The average molecular weight is 702 g/mol. The fraction of sp³-hybridized carbons (Fsp3) is 0.333. The highest BCUT2D eigenvalue weighted by Crippen LogP contribution is 2.33. The van der Waals surface area contributed by atoms with Crippen molar-refractivity contribution in [1.29, 1.82) is 0 Å². The predicted molar refractivity (Wildman–Crippen MR) is 195 cm³/mol. The van der Waals surface area contributed by atoms with E-state index in [0.29, 0.717) is 24.5 Å². The summed E-state index contributed by atoms with van der Waals surface area (Å²) >= 11 is 0.